The predicted molar refractivity (Wildman–Crippen MR) is 91.5 cm³/mol. The van der Waals surface area contributed by atoms with Crippen molar-refractivity contribution in [2.75, 3.05) is 6.61 Å². The summed E-state index contributed by atoms with van der Waals surface area (Å²) in [4.78, 5) is 0. The average molecular weight is 318 g/mol. The molecule has 0 aromatic heterocycles. The normalized spacial score (nSPS) is 14.5. The summed E-state index contributed by atoms with van der Waals surface area (Å²) in [7, 11) is -3.03. The number of aliphatic hydroxyl groups excluding tert-OH is 2. The summed E-state index contributed by atoms with van der Waals surface area (Å²) >= 11 is 0. The minimum Gasteiger partial charge on any atom is -0.396 e. The van der Waals surface area contributed by atoms with Gasteiger partial charge in [-0.3, -0.25) is 0 Å². The Morgan fingerprint density at radius 1 is 0.955 bits per heavy atom. The lowest BCUT2D eigenvalue weighted by molar-refractivity contribution is 0.149. The minimum atomic E-state index is -3.03. The minimum absolute atomic E-state index is 0.0919. The topological polar surface area (TPSA) is 57.5 Å². The summed E-state index contributed by atoms with van der Waals surface area (Å²) in [5.41, 5.74) is -0.479. The molecular weight excluding hydrogens is 295 g/mol. The predicted octanol–water partition coefficient (Wildman–Crippen LogP) is 2.52. The van der Waals surface area contributed by atoms with Gasteiger partial charge in [0.15, 0.2) is 0 Å². The molecule has 0 saturated carbocycles. The van der Waals surface area contributed by atoms with Crippen LogP contribution in [0.4, 0.5) is 0 Å². The fourth-order valence-electron chi connectivity index (χ4n) is 2.85. The van der Waals surface area contributed by atoms with E-state index in [2.05, 4.69) is 0 Å². The largest absolute Gasteiger partial charge is 0.396 e. The standard InChI is InChI=1S/C18H23O3P/c1-2-17(20)18(13-14-19)22(21,15-9-5-3-6-10-15)16-11-7-4-8-12-16/h3-12,17-20H,2,13-14H2,1H3/t17-,18+/m1/s1. The Balaban J connectivity index is 2.62. The van der Waals surface area contributed by atoms with Crippen LogP contribution in [-0.4, -0.2) is 28.6 Å². The molecule has 2 aromatic carbocycles. The van der Waals surface area contributed by atoms with Crippen LogP contribution in [0.25, 0.3) is 0 Å². The highest BCUT2D eigenvalue weighted by molar-refractivity contribution is 7.79. The van der Waals surface area contributed by atoms with Crippen molar-refractivity contribution in [2.45, 2.75) is 31.5 Å². The molecule has 3 nitrogen and oxygen atoms in total. The highest BCUT2D eigenvalue weighted by Crippen LogP contribution is 2.51. The molecule has 0 amide bonds. The van der Waals surface area contributed by atoms with E-state index in [1.54, 1.807) is 0 Å². The number of benzene rings is 2. The van der Waals surface area contributed by atoms with E-state index in [0.29, 0.717) is 12.8 Å². The average Bonchev–Trinajstić information content (AvgIpc) is 2.60. The van der Waals surface area contributed by atoms with Crippen molar-refractivity contribution in [1.29, 1.82) is 0 Å². The van der Waals surface area contributed by atoms with E-state index >= 15 is 0 Å². The van der Waals surface area contributed by atoms with Crippen LogP contribution in [0.2, 0.25) is 0 Å². The molecule has 0 fully saturated rings. The number of hydrogen-bond donors (Lipinski definition) is 2. The van der Waals surface area contributed by atoms with Gasteiger partial charge in [0, 0.05) is 22.9 Å². The third kappa shape index (κ3) is 3.33. The van der Waals surface area contributed by atoms with Crippen LogP contribution in [0.1, 0.15) is 19.8 Å². The summed E-state index contributed by atoms with van der Waals surface area (Å²) in [6.45, 7) is 1.78. The molecule has 0 aliphatic heterocycles. The number of hydrogen-bond acceptors (Lipinski definition) is 3. The molecule has 2 atom stereocenters. The Bertz CT molecular complexity index is 569. The van der Waals surface area contributed by atoms with E-state index in [0.717, 1.165) is 10.6 Å². The van der Waals surface area contributed by atoms with Crippen LogP contribution in [-0.2, 0) is 4.57 Å². The van der Waals surface area contributed by atoms with Crippen molar-refractivity contribution in [2.24, 2.45) is 0 Å². The third-order valence-corrected chi connectivity index (χ3v) is 7.70. The second kappa shape index (κ2) is 7.73. The Morgan fingerprint density at radius 2 is 1.41 bits per heavy atom. The molecule has 0 saturated heterocycles. The van der Waals surface area contributed by atoms with E-state index in [1.165, 1.54) is 0 Å². The Morgan fingerprint density at radius 3 is 1.77 bits per heavy atom. The summed E-state index contributed by atoms with van der Waals surface area (Å²) in [6, 6.07) is 18.6. The summed E-state index contributed by atoms with van der Waals surface area (Å²) in [5, 5.41) is 21.3. The smallest absolute Gasteiger partial charge is 0.148 e. The van der Waals surface area contributed by atoms with Crippen LogP contribution in [0.3, 0.4) is 0 Å². The van der Waals surface area contributed by atoms with Gasteiger partial charge in [-0.2, -0.15) is 0 Å². The molecule has 0 aliphatic rings. The Kier molecular flexibility index (Phi) is 5.96. The van der Waals surface area contributed by atoms with Gasteiger partial charge < -0.3 is 14.8 Å². The van der Waals surface area contributed by atoms with Gasteiger partial charge in [-0.15, -0.1) is 0 Å². The maximum absolute atomic E-state index is 14.0. The molecule has 0 heterocycles. The molecule has 22 heavy (non-hydrogen) atoms. The fraction of sp³-hybridized carbons (Fsp3) is 0.333. The van der Waals surface area contributed by atoms with Gasteiger partial charge in [0.05, 0.1) is 6.10 Å². The van der Waals surface area contributed by atoms with Gasteiger partial charge in [0.2, 0.25) is 0 Å². The zero-order valence-corrected chi connectivity index (χ0v) is 13.7. The maximum Gasteiger partial charge on any atom is 0.148 e. The van der Waals surface area contributed by atoms with Crippen LogP contribution in [0.15, 0.2) is 60.7 Å². The third-order valence-electron chi connectivity index (χ3n) is 4.03. The van der Waals surface area contributed by atoms with Gasteiger partial charge in [0.1, 0.15) is 7.14 Å². The number of aliphatic hydroxyl groups is 2. The lowest BCUT2D eigenvalue weighted by Crippen LogP contribution is -2.35. The summed E-state index contributed by atoms with van der Waals surface area (Å²) < 4.78 is 14.0. The molecule has 2 aromatic rings. The van der Waals surface area contributed by atoms with Gasteiger partial charge in [-0.25, -0.2) is 0 Å². The van der Waals surface area contributed by atoms with E-state index in [9.17, 15) is 14.8 Å². The van der Waals surface area contributed by atoms with Gasteiger partial charge in [-0.05, 0) is 12.8 Å². The van der Waals surface area contributed by atoms with Crippen molar-refractivity contribution >= 4 is 17.8 Å². The first-order valence-corrected chi connectivity index (χ1v) is 9.42. The van der Waals surface area contributed by atoms with Crippen molar-refractivity contribution < 1.29 is 14.8 Å². The quantitative estimate of drug-likeness (QED) is 0.771. The zero-order valence-electron chi connectivity index (χ0n) is 12.8. The molecule has 0 aliphatic carbocycles. The van der Waals surface area contributed by atoms with Crippen molar-refractivity contribution in [3.63, 3.8) is 0 Å². The van der Waals surface area contributed by atoms with Gasteiger partial charge >= 0.3 is 0 Å². The van der Waals surface area contributed by atoms with Crippen molar-refractivity contribution in [1.82, 2.24) is 0 Å². The highest BCUT2D eigenvalue weighted by Gasteiger charge is 2.39. The van der Waals surface area contributed by atoms with Crippen LogP contribution in [0, 0.1) is 0 Å². The summed E-state index contributed by atoms with van der Waals surface area (Å²) in [5.74, 6) is 0. The highest BCUT2D eigenvalue weighted by atomic mass is 31.2. The molecule has 0 radical (unpaired) electrons. The molecule has 0 spiro atoms. The molecule has 4 heteroatoms. The lowest BCUT2D eigenvalue weighted by atomic mass is 10.1. The SMILES string of the molecule is CC[C@@H](O)[C@H](CCO)P(=O)(c1ccccc1)c1ccccc1. The second-order valence-corrected chi connectivity index (χ2v) is 8.40. The fourth-order valence-corrected chi connectivity index (χ4v) is 6.32. The summed E-state index contributed by atoms with van der Waals surface area (Å²) in [6.07, 6.45) is 0.114. The van der Waals surface area contributed by atoms with Crippen LogP contribution < -0.4 is 10.6 Å². The van der Waals surface area contributed by atoms with E-state index in [4.69, 9.17) is 0 Å². The first-order chi connectivity index (χ1) is 10.6. The molecule has 0 unspecified atom stereocenters. The maximum atomic E-state index is 14.0. The van der Waals surface area contributed by atoms with Crippen molar-refractivity contribution in [3.8, 4) is 0 Å². The first kappa shape index (κ1) is 17.0. The molecule has 118 valence electrons. The molecular formula is C18H23O3P. The van der Waals surface area contributed by atoms with Crippen LogP contribution in [0.5, 0.6) is 0 Å². The number of rotatable bonds is 7. The van der Waals surface area contributed by atoms with E-state index < -0.39 is 18.9 Å². The molecule has 2 N–H and O–H groups in total. The van der Waals surface area contributed by atoms with Crippen molar-refractivity contribution in [3.05, 3.63) is 60.7 Å². The van der Waals surface area contributed by atoms with E-state index in [1.807, 2.05) is 67.6 Å². The van der Waals surface area contributed by atoms with Gasteiger partial charge in [0.25, 0.3) is 0 Å². The Labute approximate surface area is 132 Å². The lowest BCUT2D eigenvalue weighted by Gasteiger charge is -2.31. The second-order valence-electron chi connectivity index (χ2n) is 5.38. The monoisotopic (exact) mass is 318 g/mol. The van der Waals surface area contributed by atoms with E-state index in [-0.39, 0.29) is 6.61 Å². The Hall–Kier alpha value is -1.41. The van der Waals surface area contributed by atoms with Gasteiger partial charge in [-0.1, -0.05) is 67.6 Å². The molecule has 0 bridgehead atoms. The molecule has 2 rings (SSSR count). The van der Waals surface area contributed by atoms with Crippen LogP contribution >= 0.6 is 7.14 Å². The zero-order chi connectivity index (χ0) is 16.0. The first-order valence-electron chi connectivity index (χ1n) is 7.64.